The highest BCUT2D eigenvalue weighted by Crippen LogP contribution is 2.29. The number of carboxylic acid groups (broad SMARTS) is 1. The van der Waals surface area contributed by atoms with Gasteiger partial charge in [0.2, 0.25) is 0 Å². The first-order valence-electron chi connectivity index (χ1n) is 6.13. The fourth-order valence-electron chi connectivity index (χ4n) is 1.96. The Morgan fingerprint density at radius 2 is 2.24 bits per heavy atom. The van der Waals surface area contributed by atoms with Crippen molar-refractivity contribution in [3.05, 3.63) is 12.2 Å². The highest BCUT2D eigenvalue weighted by atomic mass is 16.5. The summed E-state index contributed by atoms with van der Waals surface area (Å²) in [5.41, 5.74) is 0. The predicted octanol–water partition coefficient (Wildman–Crippen LogP) is 2.39. The molecule has 0 aromatic heterocycles. The maximum absolute atomic E-state index is 11.9. The largest absolute Gasteiger partial charge is 0.481 e. The van der Waals surface area contributed by atoms with E-state index < -0.39 is 11.9 Å². The van der Waals surface area contributed by atoms with Crippen molar-refractivity contribution in [2.24, 2.45) is 11.8 Å². The Morgan fingerprint density at radius 3 is 2.71 bits per heavy atom. The Morgan fingerprint density at radius 1 is 1.53 bits per heavy atom. The van der Waals surface area contributed by atoms with Crippen LogP contribution < -0.4 is 0 Å². The number of hydrogen-bond acceptors (Lipinski definition) is 3. The zero-order valence-corrected chi connectivity index (χ0v) is 10.4. The average Bonchev–Trinajstić information content (AvgIpc) is 2.78. The Hall–Kier alpha value is -1.32. The van der Waals surface area contributed by atoms with Crippen LogP contribution in [-0.2, 0) is 14.3 Å². The van der Waals surface area contributed by atoms with Gasteiger partial charge in [-0.1, -0.05) is 19.1 Å². The van der Waals surface area contributed by atoms with Crippen LogP contribution in [0.25, 0.3) is 0 Å². The van der Waals surface area contributed by atoms with E-state index in [0.717, 1.165) is 19.3 Å². The summed E-state index contributed by atoms with van der Waals surface area (Å²) in [6, 6.07) is 0. The van der Waals surface area contributed by atoms with Crippen molar-refractivity contribution in [1.82, 2.24) is 0 Å². The summed E-state index contributed by atoms with van der Waals surface area (Å²) in [6.45, 7) is 3.75. The lowest BCUT2D eigenvalue weighted by Gasteiger charge is -2.21. The minimum atomic E-state index is -0.948. The number of rotatable bonds is 6. The van der Waals surface area contributed by atoms with E-state index in [9.17, 15) is 9.59 Å². The Bertz CT molecular complexity index is 309. The SMILES string of the molecule is CCC(C)OC(=O)C(CC(=O)O)C1C=CCC1. The molecule has 0 saturated carbocycles. The predicted molar refractivity (Wildman–Crippen MR) is 63.5 cm³/mol. The van der Waals surface area contributed by atoms with Gasteiger partial charge in [-0.05, 0) is 32.1 Å². The molecule has 0 fully saturated rings. The molecule has 0 radical (unpaired) electrons. The molecule has 1 aliphatic carbocycles. The van der Waals surface area contributed by atoms with Crippen LogP contribution in [0.2, 0.25) is 0 Å². The van der Waals surface area contributed by atoms with Gasteiger partial charge >= 0.3 is 11.9 Å². The Balaban J connectivity index is 2.64. The molecule has 96 valence electrons. The van der Waals surface area contributed by atoms with Crippen molar-refractivity contribution in [3.8, 4) is 0 Å². The summed E-state index contributed by atoms with van der Waals surface area (Å²) in [4.78, 5) is 22.7. The first kappa shape index (κ1) is 13.7. The fourth-order valence-corrected chi connectivity index (χ4v) is 1.96. The van der Waals surface area contributed by atoms with Gasteiger partial charge in [0.25, 0.3) is 0 Å². The Kier molecular flexibility index (Phi) is 5.19. The van der Waals surface area contributed by atoms with Gasteiger partial charge in [0, 0.05) is 0 Å². The number of aliphatic carboxylic acids is 1. The van der Waals surface area contributed by atoms with Crippen LogP contribution in [0.1, 0.15) is 39.5 Å². The first-order chi connectivity index (χ1) is 8.04. The monoisotopic (exact) mass is 240 g/mol. The fraction of sp³-hybridized carbons (Fsp3) is 0.692. The second-order valence-electron chi connectivity index (χ2n) is 4.53. The van der Waals surface area contributed by atoms with Crippen molar-refractivity contribution in [3.63, 3.8) is 0 Å². The topological polar surface area (TPSA) is 63.6 Å². The molecular formula is C13H20O4. The van der Waals surface area contributed by atoms with Crippen LogP contribution in [0.15, 0.2) is 12.2 Å². The highest BCUT2D eigenvalue weighted by Gasteiger charge is 2.32. The van der Waals surface area contributed by atoms with E-state index in [0.29, 0.717) is 0 Å². The maximum Gasteiger partial charge on any atom is 0.310 e. The van der Waals surface area contributed by atoms with E-state index in [1.54, 1.807) is 0 Å². The third-order valence-electron chi connectivity index (χ3n) is 3.16. The van der Waals surface area contributed by atoms with Crippen LogP contribution in [0.3, 0.4) is 0 Å². The van der Waals surface area contributed by atoms with Gasteiger partial charge in [0.15, 0.2) is 0 Å². The van der Waals surface area contributed by atoms with E-state index in [-0.39, 0.29) is 24.4 Å². The molecule has 17 heavy (non-hydrogen) atoms. The standard InChI is InChI=1S/C13H20O4/c1-3-9(2)17-13(16)11(8-12(14)15)10-6-4-5-7-10/h4,6,9-11H,3,5,7-8H2,1-2H3,(H,14,15). The Labute approximate surface area is 102 Å². The van der Waals surface area contributed by atoms with E-state index in [1.807, 2.05) is 26.0 Å². The van der Waals surface area contributed by atoms with Crippen LogP contribution in [0.4, 0.5) is 0 Å². The number of ether oxygens (including phenoxy) is 1. The molecule has 1 aliphatic rings. The van der Waals surface area contributed by atoms with Crippen molar-refractivity contribution < 1.29 is 19.4 Å². The number of carbonyl (C=O) groups is 2. The molecule has 1 N–H and O–H groups in total. The van der Waals surface area contributed by atoms with Crippen molar-refractivity contribution in [1.29, 1.82) is 0 Å². The van der Waals surface area contributed by atoms with Gasteiger partial charge in [-0.3, -0.25) is 9.59 Å². The zero-order chi connectivity index (χ0) is 12.8. The minimum absolute atomic E-state index is 0.0163. The molecule has 4 heteroatoms. The second-order valence-corrected chi connectivity index (χ2v) is 4.53. The minimum Gasteiger partial charge on any atom is -0.481 e. The van der Waals surface area contributed by atoms with Crippen LogP contribution in [0.5, 0.6) is 0 Å². The molecule has 0 aromatic carbocycles. The lowest BCUT2D eigenvalue weighted by atomic mass is 9.89. The summed E-state index contributed by atoms with van der Waals surface area (Å²) in [5.74, 6) is -1.85. The molecule has 0 spiro atoms. The van der Waals surface area contributed by atoms with Crippen molar-refractivity contribution in [2.45, 2.75) is 45.6 Å². The maximum atomic E-state index is 11.9. The molecule has 0 amide bonds. The van der Waals surface area contributed by atoms with Crippen LogP contribution in [0, 0.1) is 11.8 Å². The van der Waals surface area contributed by atoms with Crippen molar-refractivity contribution >= 4 is 11.9 Å². The lowest BCUT2D eigenvalue weighted by Crippen LogP contribution is -2.29. The van der Waals surface area contributed by atoms with Crippen LogP contribution in [-0.4, -0.2) is 23.1 Å². The van der Waals surface area contributed by atoms with E-state index in [1.165, 1.54) is 0 Å². The van der Waals surface area contributed by atoms with Gasteiger partial charge in [-0.2, -0.15) is 0 Å². The van der Waals surface area contributed by atoms with E-state index in [4.69, 9.17) is 9.84 Å². The molecule has 3 unspecified atom stereocenters. The van der Waals surface area contributed by atoms with Crippen molar-refractivity contribution in [2.75, 3.05) is 0 Å². The van der Waals surface area contributed by atoms with Gasteiger partial charge in [-0.25, -0.2) is 0 Å². The summed E-state index contributed by atoms with van der Waals surface area (Å²) in [7, 11) is 0. The molecule has 0 aromatic rings. The smallest absolute Gasteiger partial charge is 0.310 e. The third kappa shape index (κ3) is 4.21. The molecule has 0 bridgehead atoms. The number of esters is 1. The van der Waals surface area contributed by atoms with E-state index >= 15 is 0 Å². The average molecular weight is 240 g/mol. The van der Waals surface area contributed by atoms with E-state index in [2.05, 4.69) is 0 Å². The number of carboxylic acids is 1. The second kappa shape index (κ2) is 6.42. The molecule has 0 saturated heterocycles. The normalized spacial score (nSPS) is 22.1. The molecule has 3 atom stereocenters. The molecule has 4 nitrogen and oxygen atoms in total. The quantitative estimate of drug-likeness (QED) is 0.572. The summed E-state index contributed by atoms with van der Waals surface area (Å²) in [5, 5.41) is 8.85. The highest BCUT2D eigenvalue weighted by molar-refractivity contribution is 5.79. The zero-order valence-electron chi connectivity index (χ0n) is 10.4. The molecule has 0 heterocycles. The summed E-state index contributed by atoms with van der Waals surface area (Å²) < 4.78 is 5.24. The van der Waals surface area contributed by atoms with Gasteiger partial charge in [-0.15, -0.1) is 0 Å². The first-order valence-corrected chi connectivity index (χ1v) is 6.13. The lowest BCUT2D eigenvalue weighted by molar-refractivity contribution is -0.158. The molecule has 1 rings (SSSR count). The number of hydrogen-bond donors (Lipinski definition) is 1. The van der Waals surface area contributed by atoms with Crippen LogP contribution >= 0.6 is 0 Å². The third-order valence-corrected chi connectivity index (χ3v) is 3.16. The molecular weight excluding hydrogens is 220 g/mol. The summed E-state index contributed by atoms with van der Waals surface area (Å²) >= 11 is 0. The van der Waals surface area contributed by atoms with Gasteiger partial charge in [0.05, 0.1) is 18.4 Å². The molecule has 0 aliphatic heterocycles. The summed E-state index contributed by atoms with van der Waals surface area (Å²) in [6.07, 6.45) is 6.13. The van der Waals surface area contributed by atoms with Gasteiger partial charge in [0.1, 0.15) is 0 Å². The number of allylic oxidation sites excluding steroid dienone is 2. The number of carbonyl (C=O) groups excluding carboxylic acids is 1. The van der Waals surface area contributed by atoms with Gasteiger partial charge < -0.3 is 9.84 Å².